The van der Waals surface area contributed by atoms with E-state index in [4.69, 9.17) is 4.52 Å². The maximum Gasteiger partial charge on any atom is 0.341 e. The van der Waals surface area contributed by atoms with Crippen molar-refractivity contribution in [3.05, 3.63) is 41.2 Å². The first-order valence-electron chi connectivity index (χ1n) is 6.28. The van der Waals surface area contributed by atoms with Crippen LogP contribution in [-0.4, -0.2) is 16.2 Å². The highest BCUT2D eigenvalue weighted by molar-refractivity contribution is 5.95. The zero-order valence-corrected chi connectivity index (χ0v) is 11.3. The van der Waals surface area contributed by atoms with Gasteiger partial charge in [0.1, 0.15) is 11.3 Å². The van der Waals surface area contributed by atoms with Crippen LogP contribution in [0.1, 0.15) is 35.5 Å². The molecule has 0 aliphatic heterocycles. The first-order valence-corrected chi connectivity index (χ1v) is 6.28. The van der Waals surface area contributed by atoms with E-state index in [1.54, 1.807) is 0 Å². The number of carboxylic acid groups (broad SMARTS) is 1. The van der Waals surface area contributed by atoms with Crippen molar-refractivity contribution < 1.29 is 14.4 Å². The second-order valence-electron chi connectivity index (χ2n) is 5.10. The fourth-order valence-corrected chi connectivity index (χ4v) is 2.04. The van der Waals surface area contributed by atoms with E-state index in [-0.39, 0.29) is 5.56 Å². The predicted octanol–water partition coefficient (Wildman–Crippen LogP) is 3.55. The molecule has 0 saturated carbocycles. The first-order chi connectivity index (χ1) is 8.99. The quantitative estimate of drug-likeness (QED) is 0.912. The van der Waals surface area contributed by atoms with E-state index >= 15 is 0 Å². The molecule has 1 N–H and O–H groups in total. The van der Waals surface area contributed by atoms with Gasteiger partial charge in [-0.25, -0.2) is 4.79 Å². The second-order valence-corrected chi connectivity index (χ2v) is 5.10. The van der Waals surface area contributed by atoms with Crippen LogP contribution in [0.3, 0.4) is 0 Å². The van der Waals surface area contributed by atoms with Crippen molar-refractivity contribution in [1.82, 2.24) is 5.16 Å². The van der Waals surface area contributed by atoms with Gasteiger partial charge in [0, 0.05) is 12.0 Å². The molecule has 2 rings (SSSR count). The molecule has 0 saturated heterocycles. The lowest BCUT2D eigenvalue weighted by Gasteiger charge is -2.02. The number of nitrogens with zero attached hydrogens (tertiary/aromatic N) is 1. The Labute approximate surface area is 112 Å². The van der Waals surface area contributed by atoms with Crippen molar-refractivity contribution in [2.45, 2.75) is 27.2 Å². The summed E-state index contributed by atoms with van der Waals surface area (Å²) >= 11 is 0. The summed E-state index contributed by atoms with van der Waals surface area (Å²) in [5.74, 6) is -0.233. The fourth-order valence-electron chi connectivity index (χ4n) is 2.04. The van der Waals surface area contributed by atoms with Gasteiger partial charge in [-0.15, -0.1) is 0 Å². The molecule has 0 fully saturated rings. The minimum atomic E-state index is -0.992. The van der Waals surface area contributed by atoms with E-state index in [1.807, 2.05) is 45.0 Å². The number of aryl methyl sites for hydroxylation is 1. The normalized spacial score (nSPS) is 10.9. The van der Waals surface area contributed by atoms with Gasteiger partial charge < -0.3 is 9.63 Å². The van der Waals surface area contributed by atoms with Crippen molar-refractivity contribution in [3.63, 3.8) is 0 Å². The molecule has 1 heterocycles. The monoisotopic (exact) mass is 259 g/mol. The standard InChI is InChI=1S/C15H17NO3/c1-9(2)7-12-13(15(17)18)14(16-19-12)11-6-4-5-10(3)8-11/h4-6,8-9H,7H2,1-3H3,(H,17,18). The Balaban J connectivity index is 2.52. The van der Waals surface area contributed by atoms with Crippen LogP contribution >= 0.6 is 0 Å². The summed E-state index contributed by atoms with van der Waals surface area (Å²) in [7, 11) is 0. The van der Waals surface area contributed by atoms with Gasteiger partial charge in [0.2, 0.25) is 0 Å². The molecule has 0 amide bonds. The Morgan fingerprint density at radius 2 is 2.16 bits per heavy atom. The highest BCUT2D eigenvalue weighted by atomic mass is 16.5. The van der Waals surface area contributed by atoms with Crippen molar-refractivity contribution in [2.24, 2.45) is 5.92 Å². The van der Waals surface area contributed by atoms with E-state index in [2.05, 4.69) is 5.16 Å². The van der Waals surface area contributed by atoms with Crippen LogP contribution in [0.2, 0.25) is 0 Å². The molecule has 100 valence electrons. The molecular weight excluding hydrogens is 242 g/mol. The lowest BCUT2D eigenvalue weighted by molar-refractivity contribution is 0.0695. The predicted molar refractivity (Wildman–Crippen MR) is 72.2 cm³/mol. The molecule has 0 spiro atoms. The third-order valence-corrected chi connectivity index (χ3v) is 2.86. The molecule has 4 heteroatoms. The summed E-state index contributed by atoms with van der Waals surface area (Å²) in [5, 5.41) is 13.3. The second kappa shape index (κ2) is 5.26. The summed E-state index contributed by atoms with van der Waals surface area (Å²) in [5.41, 5.74) is 2.42. The number of hydrogen-bond donors (Lipinski definition) is 1. The van der Waals surface area contributed by atoms with E-state index in [9.17, 15) is 9.90 Å². The molecule has 4 nitrogen and oxygen atoms in total. The highest BCUT2D eigenvalue weighted by Crippen LogP contribution is 2.27. The largest absolute Gasteiger partial charge is 0.477 e. The molecule has 0 aliphatic rings. The van der Waals surface area contributed by atoms with Gasteiger partial charge in [-0.1, -0.05) is 42.8 Å². The average Bonchev–Trinajstić information content (AvgIpc) is 2.71. The lowest BCUT2D eigenvalue weighted by atomic mass is 10.0. The Bertz CT molecular complexity index is 599. The van der Waals surface area contributed by atoms with Gasteiger partial charge in [0.15, 0.2) is 5.76 Å². The number of aromatic nitrogens is 1. The Hall–Kier alpha value is -2.10. The molecule has 2 aromatic rings. The SMILES string of the molecule is Cc1cccc(-c2noc(CC(C)C)c2C(=O)O)c1. The van der Waals surface area contributed by atoms with E-state index < -0.39 is 5.97 Å². The van der Waals surface area contributed by atoms with Gasteiger partial charge in [-0.2, -0.15) is 0 Å². The molecule has 0 radical (unpaired) electrons. The number of hydrogen-bond acceptors (Lipinski definition) is 3. The van der Waals surface area contributed by atoms with Crippen molar-refractivity contribution in [3.8, 4) is 11.3 Å². The van der Waals surface area contributed by atoms with E-state index in [1.165, 1.54) is 0 Å². The van der Waals surface area contributed by atoms with Gasteiger partial charge in [-0.3, -0.25) is 0 Å². The summed E-state index contributed by atoms with van der Waals surface area (Å²) in [6.45, 7) is 5.99. The Morgan fingerprint density at radius 1 is 1.42 bits per heavy atom. The summed E-state index contributed by atoms with van der Waals surface area (Å²) < 4.78 is 5.23. The van der Waals surface area contributed by atoms with Crippen molar-refractivity contribution in [1.29, 1.82) is 0 Å². The number of carboxylic acids is 1. The molecular formula is C15H17NO3. The summed E-state index contributed by atoms with van der Waals surface area (Å²) in [6.07, 6.45) is 0.570. The third-order valence-electron chi connectivity index (χ3n) is 2.86. The van der Waals surface area contributed by atoms with Crippen LogP contribution in [0.15, 0.2) is 28.8 Å². The molecule has 1 aromatic heterocycles. The number of carbonyl (C=O) groups is 1. The average molecular weight is 259 g/mol. The van der Waals surface area contributed by atoms with Crippen LogP contribution < -0.4 is 0 Å². The van der Waals surface area contributed by atoms with Gasteiger partial charge in [0.05, 0.1) is 0 Å². The molecule has 0 aliphatic carbocycles. The Morgan fingerprint density at radius 3 is 2.74 bits per heavy atom. The van der Waals surface area contributed by atoms with Crippen LogP contribution in [0.4, 0.5) is 0 Å². The molecule has 1 aromatic carbocycles. The van der Waals surface area contributed by atoms with Gasteiger partial charge in [0.25, 0.3) is 0 Å². The van der Waals surface area contributed by atoms with Gasteiger partial charge in [-0.05, 0) is 18.9 Å². The topological polar surface area (TPSA) is 63.3 Å². The fraction of sp³-hybridized carbons (Fsp3) is 0.333. The number of aromatic carboxylic acids is 1. The van der Waals surface area contributed by atoms with Crippen LogP contribution in [0, 0.1) is 12.8 Å². The summed E-state index contributed by atoms with van der Waals surface area (Å²) in [6, 6.07) is 7.59. The van der Waals surface area contributed by atoms with E-state index in [0.717, 1.165) is 11.1 Å². The smallest absolute Gasteiger partial charge is 0.341 e. The molecule has 0 atom stereocenters. The third kappa shape index (κ3) is 2.84. The van der Waals surface area contributed by atoms with Crippen LogP contribution in [0.25, 0.3) is 11.3 Å². The van der Waals surface area contributed by atoms with Crippen LogP contribution in [-0.2, 0) is 6.42 Å². The van der Waals surface area contributed by atoms with Crippen LogP contribution in [0.5, 0.6) is 0 Å². The van der Waals surface area contributed by atoms with Crippen molar-refractivity contribution >= 4 is 5.97 Å². The zero-order chi connectivity index (χ0) is 14.0. The van der Waals surface area contributed by atoms with E-state index in [0.29, 0.717) is 23.8 Å². The number of benzene rings is 1. The molecule has 0 unspecified atom stereocenters. The Kier molecular flexibility index (Phi) is 3.69. The molecule has 0 bridgehead atoms. The van der Waals surface area contributed by atoms with Crippen molar-refractivity contribution in [2.75, 3.05) is 0 Å². The zero-order valence-electron chi connectivity index (χ0n) is 11.3. The molecule has 19 heavy (non-hydrogen) atoms. The first kappa shape index (κ1) is 13.3. The maximum atomic E-state index is 11.4. The minimum Gasteiger partial charge on any atom is -0.477 e. The summed E-state index contributed by atoms with van der Waals surface area (Å²) in [4.78, 5) is 11.4. The van der Waals surface area contributed by atoms with Gasteiger partial charge >= 0.3 is 5.97 Å². The minimum absolute atomic E-state index is 0.180. The number of rotatable bonds is 4. The maximum absolute atomic E-state index is 11.4. The highest BCUT2D eigenvalue weighted by Gasteiger charge is 2.23. The lowest BCUT2D eigenvalue weighted by Crippen LogP contribution is -2.04.